The average molecular weight is 420 g/mol. The highest BCUT2D eigenvalue weighted by molar-refractivity contribution is 5.77. The number of halogens is 1. The number of aromatic nitrogens is 2. The quantitative estimate of drug-likeness (QED) is 0.633. The van der Waals surface area contributed by atoms with Gasteiger partial charge in [0.1, 0.15) is 17.2 Å². The van der Waals surface area contributed by atoms with E-state index in [2.05, 4.69) is 25.8 Å². The molecular weight excluding hydrogens is 385 g/mol. The number of fused-ring (bicyclic) bond motifs is 1. The number of carbonyl (C=O) groups excluding carboxylic acids is 1. The molecule has 0 saturated carbocycles. The lowest BCUT2D eigenvalue weighted by molar-refractivity contribution is 0.0296. The Balaban J connectivity index is 2.14. The third-order valence-corrected chi connectivity index (χ3v) is 4.48. The van der Waals surface area contributed by atoms with Crippen molar-refractivity contribution in [3.8, 4) is 0 Å². The van der Waals surface area contributed by atoms with Gasteiger partial charge in [0.05, 0.1) is 10.9 Å². The van der Waals surface area contributed by atoms with E-state index in [1.165, 1.54) is 12.1 Å². The molecule has 0 N–H and O–H groups in total. The summed E-state index contributed by atoms with van der Waals surface area (Å²) in [6.45, 7) is 12.7. The molecule has 1 amide bonds. The van der Waals surface area contributed by atoms with Crippen LogP contribution in [0.4, 0.5) is 9.18 Å². The maximum Gasteiger partial charge on any atom is 0.410 e. The molecule has 0 radical (unpaired) electrons. The third kappa shape index (κ3) is 6.82. The zero-order valence-electron chi connectivity index (χ0n) is 19.2. The first-order valence-electron chi connectivity index (χ1n) is 10.4. The Morgan fingerprint density at radius 3 is 2.43 bits per heavy atom. The first-order chi connectivity index (χ1) is 13.8. The van der Waals surface area contributed by atoms with Crippen LogP contribution >= 0.6 is 0 Å². The van der Waals surface area contributed by atoms with Gasteiger partial charge < -0.3 is 9.64 Å². The summed E-state index contributed by atoms with van der Waals surface area (Å²) >= 11 is 0. The summed E-state index contributed by atoms with van der Waals surface area (Å²) in [6, 6.07) is 4.12. The second kappa shape index (κ2) is 9.14. The first-order valence-corrected chi connectivity index (χ1v) is 10.4. The Hall–Kier alpha value is -2.44. The van der Waals surface area contributed by atoms with Crippen molar-refractivity contribution in [2.24, 2.45) is 5.41 Å². The predicted octanol–water partition coefficient (Wildman–Crippen LogP) is 4.77. The van der Waals surface area contributed by atoms with Gasteiger partial charge in [0.25, 0.3) is 5.56 Å². The molecular formula is C23H34FN3O3. The van der Waals surface area contributed by atoms with Gasteiger partial charge in [-0.15, -0.1) is 0 Å². The molecule has 7 heteroatoms. The van der Waals surface area contributed by atoms with Crippen LogP contribution in [0.1, 0.15) is 60.2 Å². The third-order valence-electron chi connectivity index (χ3n) is 4.48. The van der Waals surface area contributed by atoms with Crippen LogP contribution in [0.2, 0.25) is 0 Å². The fraction of sp³-hybridized carbons (Fsp3) is 0.609. The average Bonchev–Trinajstić information content (AvgIpc) is 2.59. The molecule has 0 aliphatic rings. The van der Waals surface area contributed by atoms with Gasteiger partial charge in [-0.1, -0.05) is 20.8 Å². The molecule has 0 bridgehead atoms. The van der Waals surface area contributed by atoms with Crippen molar-refractivity contribution in [3.63, 3.8) is 0 Å². The molecule has 6 nitrogen and oxygen atoms in total. The molecule has 2 aromatic rings. The summed E-state index contributed by atoms with van der Waals surface area (Å²) in [5.74, 6) is 0.246. The van der Waals surface area contributed by atoms with E-state index >= 15 is 0 Å². The number of unbranched alkanes of at least 4 members (excludes halogenated alkanes) is 1. The lowest BCUT2D eigenvalue weighted by Gasteiger charge is -2.25. The summed E-state index contributed by atoms with van der Waals surface area (Å²) < 4.78 is 20.7. The van der Waals surface area contributed by atoms with Crippen LogP contribution in [0.5, 0.6) is 0 Å². The minimum Gasteiger partial charge on any atom is -0.444 e. The van der Waals surface area contributed by atoms with Gasteiger partial charge in [0.2, 0.25) is 0 Å². The van der Waals surface area contributed by atoms with Crippen molar-refractivity contribution < 1.29 is 13.9 Å². The monoisotopic (exact) mass is 419 g/mol. The van der Waals surface area contributed by atoms with E-state index in [4.69, 9.17) is 4.74 Å². The zero-order valence-corrected chi connectivity index (χ0v) is 19.2. The molecule has 0 fully saturated rings. The Kier molecular flexibility index (Phi) is 7.27. The normalized spacial score (nSPS) is 12.3. The smallest absolute Gasteiger partial charge is 0.410 e. The number of carbonyl (C=O) groups is 1. The molecule has 2 rings (SSSR count). The van der Waals surface area contributed by atoms with E-state index in [1.54, 1.807) is 22.6 Å². The molecule has 0 atom stereocenters. The summed E-state index contributed by atoms with van der Waals surface area (Å²) in [7, 11) is 1.71. The van der Waals surface area contributed by atoms with E-state index in [9.17, 15) is 14.0 Å². The predicted molar refractivity (Wildman–Crippen MR) is 117 cm³/mol. The van der Waals surface area contributed by atoms with Crippen LogP contribution in [0, 0.1) is 11.2 Å². The first kappa shape index (κ1) is 23.8. The Morgan fingerprint density at radius 1 is 1.17 bits per heavy atom. The van der Waals surface area contributed by atoms with Gasteiger partial charge in [-0.2, -0.15) is 0 Å². The maximum atomic E-state index is 13.7. The van der Waals surface area contributed by atoms with Gasteiger partial charge in [-0.3, -0.25) is 9.36 Å². The second-order valence-electron chi connectivity index (χ2n) is 10.0. The lowest BCUT2D eigenvalue weighted by atomic mass is 9.96. The highest BCUT2D eigenvalue weighted by Crippen LogP contribution is 2.19. The summed E-state index contributed by atoms with van der Waals surface area (Å²) in [4.78, 5) is 31.3. The van der Waals surface area contributed by atoms with Crippen molar-refractivity contribution >= 4 is 17.0 Å². The van der Waals surface area contributed by atoms with E-state index in [0.29, 0.717) is 36.2 Å². The van der Waals surface area contributed by atoms with Gasteiger partial charge in [-0.25, -0.2) is 14.2 Å². The zero-order chi connectivity index (χ0) is 22.7. The van der Waals surface area contributed by atoms with Crippen LogP contribution in [0.3, 0.4) is 0 Å². The van der Waals surface area contributed by atoms with Gasteiger partial charge >= 0.3 is 6.09 Å². The van der Waals surface area contributed by atoms with Gasteiger partial charge in [0.15, 0.2) is 0 Å². The number of hydrogen-bond acceptors (Lipinski definition) is 4. The number of rotatable bonds is 6. The van der Waals surface area contributed by atoms with Gasteiger partial charge in [0, 0.05) is 26.6 Å². The number of nitrogens with zero attached hydrogens (tertiary/aromatic N) is 3. The Labute approximate surface area is 178 Å². The highest BCUT2D eigenvalue weighted by atomic mass is 19.1. The fourth-order valence-corrected chi connectivity index (χ4v) is 3.13. The molecule has 0 aliphatic carbocycles. The van der Waals surface area contributed by atoms with E-state index in [-0.39, 0.29) is 17.1 Å². The van der Waals surface area contributed by atoms with Crippen molar-refractivity contribution in [2.75, 3.05) is 13.6 Å². The molecule has 1 aromatic heterocycles. The topological polar surface area (TPSA) is 64.4 Å². The van der Waals surface area contributed by atoms with Crippen molar-refractivity contribution in [2.45, 2.75) is 73.0 Å². The summed E-state index contributed by atoms with van der Waals surface area (Å²) in [5.41, 5.74) is -0.358. The molecule has 1 heterocycles. The minimum absolute atomic E-state index is 0.127. The Morgan fingerprint density at radius 2 is 1.83 bits per heavy atom. The SMILES string of the molecule is CN(CCCCc1nc2ccc(F)cc2c(=O)n1CC(C)(C)C)C(=O)OC(C)(C)C. The number of hydrogen-bond donors (Lipinski definition) is 0. The number of amides is 1. The highest BCUT2D eigenvalue weighted by Gasteiger charge is 2.20. The molecule has 30 heavy (non-hydrogen) atoms. The van der Waals surface area contributed by atoms with Crippen LogP contribution in [-0.2, 0) is 17.7 Å². The number of ether oxygens (including phenoxy) is 1. The van der Waals surface area contributed by atoms with E-state index < -0.39 is 11.4 Å². The van der Waals surface area contributed by atoms with Crippen molar-refractivity contribution in [1.82, 2.24) is 14.5 Å². The number of aryl methyl sites for hydroxylation is 1. The van der Waals surface area contributed by atoms with Crippen LogP contribution < -0.4 is 5.56 Å². The summed E-state index contributed by atoms with van der Waals surface area (Å²) in [6.07, 6.45) is 1.76. The number of benzene rings is 1. The Bertz CT molecular complexity index is 955. The van der Waals surface area contributed by atoms with Crippen LogP contribution in [0.15, 0.2) is 23.0 Å². The van der Waals surface area contributed by atoms with Crippen LogP contribution in [0.25, 0.3) is 10.9 Å². The second-order valence-corrected chi connectivity index (χ2v) is 10.0. The standard InChI is InChI=1S/C23H34FN3O3/c1-22(2,3)15-27-19(25-18-12-11-16(24)14-17(18)20(27)28)10-8-9-13-26(7)21(29)30-23(4,5)6/h11-12,14H,8-10,13,15H2,1-7H3. The molecule has 166 valence electrons. The molecule has 0 unspecified atom stereocenters. The maximum absolute atomic E-state index is 13.7. The fourth-order valence-electron chi connectivity index (χ4n) is 3.13. The molecule has 1 aromatic carbocycles. The molecule has 0 aliphatic heterocycles. The van der Waals surface area contributed by atoms with Crippen LogP contribution in [-0.4, -0.2) is 39.7 Å². The van der Waals surface area contributed by atoms with E-state index in [0.717, 1.165) is 12.8 Å². The minimum atomic E-state index is -0.525. The molecule has 0 spiro atoms. The lowest BCUT2D eigenvalue weighted by Crippen LogP contribution is -2.34. The van der Waals surface area contributed by atoms with Gasteiger partial charge in [-0.05, 0) is 57.2 Å². The molecule has 0 saturated heterocycles. The van der Waals surface area contributed by atoms with E-state index in [1.807, 2.05) is 20.8 Å². The summed E-state index contributed by atoms with van der Waals surface area (Å²) in [5, 5.41) is 0.299. The largest absolute Gasteiger partial charge is 0.444 e. The van der Waals surface area contributed by atoms with Crippen molar-refractivity contribution in [1.29, 1.82) is 0 Å². The van der Waals surface area contributed by atoms with Crippen molar-refractivity contribution in [3.05, 3.63) is 40.2 Å².